The Morgan fingerprint density at radius 3 is 2.54 bits per heavy atom. The lowest BCUT2D eigenvalue weighted by Crippen LogP contribution is -2.64. The normalized spacial score (nSPS) is 25.5. The molecule has 1 N–H and O–H groups in total. The molecular formula is C30H40FN5O5. The van der Waals surface area contributed by atoms with E-state index in [0.717, 1.165) is 17.7 Å². The first-order valence-corrected chi connectivity index (χ1v) is 14.5. The molecule has 3 aliphatic heterocycles. The van der Waals surface area contributed by atoms with Gasteiger partial charge in [-0.05, 0) is 56.0 Å². The number of hydrogen-bond donors (Lipinski definition) is 1. The van der Waals surface area contributed by atoms with Crippen LogP contribution in [-0.2, 0) is 16.0 Å². The van der Waals surface area contributed by atoms with Crippen molar-refractivity contribution in [1.82, 2.24) is 19.7 Å². The summed E-state index contributed by atoms with van der Waals surface area (Å²) in [7, 11) is 0. The molecule has 0 radical (unpaired) electrons. The average Bonchev–Trinajstić information content (AvgIpc) is 2.95. The molecule has 4 atom stereocenters. The van der Waals surface area contributed by atoms with Gasteiger partial charge in [0.15, 0.2) is 0 Å². The molecule has 5 rings (SSSR count). The van der Waals surface area contributed by atoms with Crippen LogP contribution in [0.4, 0.5) is 14.9 Å². The SMILES string of the molecule is CCC1COc2ncc(Cc3ccc(F)cc3)cc2N1C(=O)CN1C[C@@H](C)N(C(=O)O)C[C@@H]1CN1CCOCC1C. The third-order valence-corrected chi connectivity index (χ3v) is 8.48. The number of ether oxygens (including phenoxy) is 2. The van der Waals surface area contributed by atoms with Crippen molar-refractivity contribution in [2.75, 3.05) is 57.4 Å². The molecule has 2 fully saturated rings. The van der Waals surface area contributed by atoms with Crippen molar-refractivity contribution in [2.45, 2.75) is 57.8 Å². The zero-order valence-electron chi connectivity index (χ0n) is 24.0. The van der Waals surface area contributed by atoms with Gasteiger partial charge < -0.3 is 19.5 Å². The molecule has 222 valence electrons. The van der Waals surface area contributed by atoms with Gasteiger partial charge >= 0.3 is 6.09 Å². The Balaban J connectivity index is 1.38. The third-order valence-electron chi connectivity index (χ3n) is 8.48. The minimum absolute atomic E-state index is 0.0573. The van der Waals surface area contributed by atoms with E-state index < -0.39 is 6.09 Å². The fourth-order valence-corrected chi connectivity index (χ4v) is 6.08. The van der Waals surface area contributed by atoms with Crippen LogP contribution < -0.4 is 9.64 Å². The Kier molecular flexibility index (Phi) is 9.06. The maximum atomic E-state index is 14.1. The van der Waals surface area contributed by atoms with E-state index >= 15 is 0 Å². The first-order valence-electron chi connectivity index (χ1n) is 14.5. The minimum atomic E-state index is -0.934. The highest BCUT2D eigenvalue weighted by Gasteiger charge is 2.39. The number of amides is 2. The number of nitrogens with zero attached hydrogens (tertiary/aromatic N) is 5. The molecule has 1 aromatic heterocycles. The van der Waals surface area contributed by atoms with E-state index in [2.05, 4.69) is 21.7 Å². The predicted octanol–water partition coefficient (Wildman–Crippen LogP) is 3.09. The summed E-state index contributed by atoms with van der Waals surface area (Å²) >= 11 is 0. The first-order chi connectivity index (χ1) is 19.7. The second kappa shape index (κ2) is 12.7. The van der Waals surface area contributed by atoms with Gasteiger partial charge in [-0.2, -0.15) is 0 Å². The van der Waals surface area contributed by atoms with E-state index in [1.54, 1.807) is 18.3 Å². The van der Waals surface area contributed by atoms with E-state index in [9.17, 15) is 19.1 Å². The number of rotatable bonds is 7. The van der Waals surface area contributed by atoms with E-state index in [-0.39, 0.29) is 42.4 Å². The Morgan fingerprint density at radius 2 is 1.83 bits per heavy atom. The van der Waals surface area contributed by atoms with Crippen LogP contribution in [-0.4, -0.2) is 114 Å². The zero-order chi connectivity index (χ0) is 29.1. The molecule has 0 saturated carbocycles. The summed E-state index contributed by atoms with van der Waals surface area (Å²) in [5.74, 6) is 0.0833. The largest absolute Gasteiger partial charge is 0.474 e. The fraction of sp³-hybridized carbons (Fsp3) is 0.567. The lowest BCUT2D eigenvalue weighted by molar-refractivity contribution is -0.122. The number of carbonyl (C=O) groups is 2. The van der Waals surface area contributed by atoms with Crippen LogP contribution in [0.5, 0.6) is 5.88 Å². The van der Waals surface area contributed by atoms with Crippen molar-refractivity contribution in [3.63, 3.8) is 0 Å². The van der Waals surface area contributed by atoms with Crippen LogP contribution >= 0.6 is 0 Å². The summed E-state index contributed by atoms with van der Waals surface area (Å²) in [4.78, 5) is 38.4. The number of pyridine rings is 1. The highest BCUT2D eigenvalue weighted by atomic mass is 19.1. The molecule has 11 heteroatoms. The maximum absolute atomic E-state index is 14.1. The summed E-state index contributed by atoms with van der Waals surface area (Å²) in [6.07, 6.45) is 2.07. The molecule has 2 amide bonds. The summed E-state index contributed by atoms with van der Waals surface area (Å²) in [5, 5.41) is 9.84. The molecule has 3 aliphatic rings. The minimum Gasteiger partial charge on any atom is -0.474 e. The first kappa shape index (κ1) is 29.2. The van der Waals surface area contributed by atoms with Crippen molar-refractivity contribution in [2.24, 2.45) is 0 Å². The van der Waals surface area contributed by atoms with Crippen molar-refractivity contribution >= 4 is 17.7 Å². The predicted molar refractivity (Wildman–Crippen MR) is 152 cm³/mol. The van der Waals surface area contributed by atoms with Gasteiger partial charge in [-0.3, -0.25) is 19.5 Å². The summed E-state index contributed by atoms with van der Waals surface area (Å²) < 4.78 is 25.0. The van der Waals surface area contributed by atoms with Gasteiger partial charge in [0.2, 0.25) is 11.8 Å². The van der Waals surface area contributed by atoms with Crippen LogP contribution in [0.2, 0.25) is 0 Å². The zero-order valence-corrected chi connectivity index (χ0v) is 24.0. The molecular weight excluding hydrogens is 529 g/mol. The van der Waals surface area contributed by atoms with Gasteiger partial charge in [0, 0.05) is 50.5 Å². The van der Waals surface area contributed by atoms with E-state index in [1.165, 1.54) is 17.0 Å². The van der Waals surface area contributed by atoms with Crippen LogP contribution in [0.1, 0.15) is 38.3 Å². The van der Waals surface area contributed by atoms with Crippen molar-refractivity contribution in [1.29, 1.82) is 0 Å². The number of hydrogen-bond acceptors (Lipinski definition) is 7. The van der Waals surface area contributed by atoms with Gasteiger partial charge in [0.25, 0.3) is 0 Å². The lowest BCUT2D eigenvalue weighted by atomic mass is 10.0. The molecule has 1 aromatic carbocycles. The number of piperazine rings is 1. The number of benzene rings is 1. The number of carbonyl (C=O) groups excluding carboxylic acids is 1. The Bertz CT molecular complexity index is 1230. The number of halogens is 1. The van der Waals surface area contributed by atoms with E-state index in [1.807, 2.05) is 24.8 Å². The third kappa shape index (κ3) is 6.63. The van der Waals surface area contributed by atoms with Crippen LogP contribution in [0.25, 0.3) is 0 Å². The molecule has 41 heavy (non-hydrogen) atoms. The average molecular weight is 570 g/mol. The van der Waals surface area contributed by atoms with Crippen LogP contribution in [0.3, 0.4) is 0 Å². The smallest absolute Gasteiger partial charge is 0.407 e. The molecule has 0 aliphatic carbocycles. The van der Waals surface area contributed by atoms with Crippen LogP contribution in [0, 0.1) is 5.82 Å². The van der Waals surface area contributed by atoms with Gasteiger partial charge in [-0.1, -0.05) is 19.1 Å². The van der Waals surface area contributed by atoms with Crippen molar-refractivity contribution in [3.8, 4) is 5.88 Å². The molecule has 4 heterocycles. The molecule has 10 nitrogen and oxygen atoms in total. The maximum Gasteiger partial charge on any atom is 0.407 e. The Labute approximate surface area is 240 Å². The number of aromatic nitrogens is 1. The number of fused-ring (bicyclic) bond motifs is 1. The second-order valence-corrected chi connectivity index (χ2v) is 11.4. The van der Waals surface area contributed by atoms with Crippen LogP contribution in [0.15, 0.2) is 36.5 Å². The molecule has 2 unspecified atom stereocenters. The van der Waals surface area contributed by atoms with Gasteiger partial charge in [0.1, 0.15) is 18.1 Å². The summed E-state index contributed by atoms with van der Waals surface area (Å²) in [5.41, 5.74) is 2.49. The topological polar surface area (TPSA) is 98.7 Å². The highest BCUT2D eigenvalue weighted by Crippen LogP contribution is 2.35. The Morgan fingerprint density at radius 1 is 1.05 bits per heavy atom. The Hall–Kier alpha value is -3.28. The number of morpholine rings is 1. The van der Waals surface area contributed by atoms with Crippen molar-refractivity contribution in [3.05, 3.63) is 53.5 Å². The highest BCUT2D eigenvalue weighted by molar-refractivity contribution is 5.97. The van der Waals surface area contributed by atoms with E-state index in [4.69, 9.17) is 9.47 Å². The van der Waals surface area contributed by atoms with Crippen molar-refractivity contribution < 1.29 is 28.6 Å². The van der Waals surface area contributed by atoms with E-state index in [0.29, 0.717) is 63.9 Å². The summed E-state index contributed by atoms with van der Waals surface area (Å²) in [6.45, 7) is 10.1. The molecule has 0 spiro atoms. The molecule has 0 bridgehead atoms. The quantitative estimate of drug-likeness (QED) is 0.544. The summed E-state index contributed by atoms with van der Waals surface area (Å²) in [6, 6.07) is 8.03. The molecule has 2 saturated heterocycles. The van der Waals surface area contributed by atoms with Gasteiger partial charge in [-0.25, -0.2) is 14.2 Å². The standard InChI is InChI=1S/C30H40FN5O5/c1-4-25-19-41-29-27(12-23(13-32-29)11-22-5-7-24(31)8-6-22)36(25)28(37)17-34-14-20(2)35(30(38)39)16-26(34)15-33-9-10-40-18-21(33)3/h5-8,12-13,20-21,25-26H,4,9-11,14-19H2,1-3H3,(H,38,39)/t20-,21?,25?,26+/m1/s1. The monoisotopic (exact) mass is 569 g/mol. The fourth-order valence-electron chi connectivity index (χ4n) is 6.08. The number of anilines is 1. The number of carboxylic acid groups (broad SMARTS) is 1. The van der Waals surface area contributed by atoms with Gasteiger partial charge in [-0.15, -0.1) is 0 Å². The molecule has 2 aromatic rings. The second-order valence-electron chi connectivity index (χ2n) is 11.4. The van der Waals surface area contributed by atoms with Gasteiger partial charge in [0.05, 0.1) is 25.8 Å². The lowest BCUT2D eigenvalue weighted by Gasteiger charge is -2.47.